The second-order valence-corrected chi connectivity index (χ2v) is 4.28. The molecule has 1 aromatic rings. The molecule has 0 amide bonds. The summed E-state index contributed by atoms with van der Waals surface area (Å²) in [6.45, 7) is 0. The van der Waals surface area contributed by atoms with Crippen LogP contribution in [0.4, 0.5) is 5.69 Å². The molecule has 0 atom stereocenters. The van der Waals surface area contributed by atoms with Crippen LogP contribution in [-0.4, -0.2) is 26.0 Å². The molecule has 0 fully saturated rings. The molecule has 0 unspecified atom stereocenters. The van der Waals surface area contributed by atoms with Gasteiger partial charge in [0, 0.05) is 0 Å². The first-order chi connectivity index (χ1) is 6.75. The van der Waals surface area contributed by atoms with Crippen LogP contribution in [-0.2, 0) is 4.57 Å². The van der Waals surface area contributed by atoms with Gasteiger partial charge in [-0.15, -0.1) is 0 Å². The maximum absolute atomic E-state index is 10.9. The van der Waals surface area contributed by atoms with E-state index >= 15 is 0 Å². The Morgan fingerprint density at radius 3 is 2.27 bits per heavy atom. The van der Waals surface area contributed by atoms with Crippen molar-refractivity contribution in [2.24, 2.45) is 0 Å². The van der Waals surface area contributed by atoms with Crippen LogP contribution < -0.4 is 11.0 Å². The predicted octanol–water partition coefficient (Wildman–Crippen LogP) is -0.524. The van der Waals surface area contributed by atoms with Gasteiger partial charge in [-0.05, 0) is 12.1 Å². The standard InChI is InChI=1S/C7H8NO6P/c8-4-2-1-3(7(10)11)6(5(4)9)15(12,13)14/h1-2,9H,8H2,(H,10,11)(H2,12,13,14). The van der Waals surface area contributed by atoms with Crippen LogP contribution >= 0.6 is 7.60 Å². The van der Waals surface area contributed by atoms with E-state index in [9.17, 15) is 14.5 Å². The van der Waals surface area contributed by atoms with Crippen LogP contribution in [0.5, 0.6) is 5.75 Å². The zero-order valence-electron chi connectivity index (χ0n) is 7.28. The maximum Gasteiger partial charge on any atom is 0.360 e. The van der Waals surface area contributed by atoms with Gasteiger partial charge in [-0.3, -0.25) is 4.57 Å². The quantitative estimate of drug-likeness (QED) is 0.262. The van der Waals surface area contributed by atoms with Gasteiger partial charge in [0.05, 0.1) is 11.3 Å². The summed E-state index contributed by atoms with van der Waals surface area (Å²) < 4.78 is 10.9. The average Bonchev–Trinajstić information content (AvgIpc) is 2.06. The Bertz CT molecular complexity index is 465. The van der Waals surface area contributed by atoms with Gasteiger partial charge < -0.3 is 25.7 Å². The lowest BCUT2D eigenvalue weighted by Crippen LogP contribution is -2.17. The first-order valence-electron chi connectivity index (χ1n) is 3.66. The SMILES string of the molecule is Nc1ccc(C(=O)O)c(P(=O)(O)O)c1O. The molecular formula is C7H8NO6P. The molecular weight excluding hydrogens is 225 g/mol. The minimum atomic E-state index is -4.88. The summed E-state index contributed by atoms with van der Waals surface area (Å²) in [7, 11) is -4.88. The van der Waals surface area contributed by atoms with Gasteiger partial charge in [-0.25, -0.2) is 4.79 Å². The second kappa shape index (κ2) is 3.54. The molecule has 0 radical (unpaired) electrons. The minimum Gasteiger partial charge on any atom is -0.505 e. The zero-order valence-corrected chi connectivity index (χ0v) is 8.18. The van der Waals surface area contributed by atoms with Gasteiger partial charge in [-0.1, -0.05) is 0 Å². The van der Waals surface area contributed by atoms with E-state index in [2.05, 4.69) is 0 Å². The summed E-state index contributed by atoms with van der Waals surface area (Å²) in [5.74, 6) is -2.45. The summed E-state index contributed by atoms with van der Waals surface area (Å²) in [5, 5.41) is 17.0. The van der Waals surface area contributed by atoms with Crippen LogP contribution in [0.3, 0.4) is 0 Å². The summed E-state index contributed by atoms with van der Waals surface area (Å²) in [6.07, 6.45) is 0. The number of rotatable bonds is 2. The second-order valence-electron chi connectivity index (χ2n) is 2.75. The van der Waals surface area contributed by atoms with Crippen molar-refractivity contribution in [2.45, 2.75) is 0 Å². The maximum atomic E-state index is 10.9. The summed E-state index contributed by atoms with van der Waals surface area (Å²) in [4.78, 5) is 28.3. The Balaban J connectivity index is 3.64. The first-order valence-corrected chi connectivity index (χ1v) is 5.27. The molecule has 82 valence electrons. The number of aromatic carboxylic acids is 1. The fourth-order valence-electron chi connectivity index (χ4n) is 1.06. The monoisotopic (exact) mass is 233 g/mol. The smallest absolute Gasteiger partial charge is 0.360 e. The van der Waals surface area contributed by atoms with Gasteiger partial charge in [0.1, 0.15) is 5.30 Å². The van der Waals surface area contributed by atoms with Gasteiger partial charge in [0.2, 0.25) is 0 Å². The molecule has 0 aliphatic carbocycles. The average molecular weight is 233 g/mol. The third-order valence-corrected chi connectivity index (χ3v) is 2.74. The lowest BCUT2D eigenvalue weighted by molar-refractivity contribution is 0.0697. The predicted molar refractivity (Wildman–Crippen MR) is 51.2 cm³/mol. The molecule has 0 aliphatic rings. The number of aromatic hydroxyl groups is 1. The van der Waals surface area contributed by atoms with Crippen molar-refractivity contribution in [1.82, 2.24) is 0 Å². The molecule has 0 spiro atoms. The number of hydrogen-bond acceptors (Lipinski definition) is 4. The van der Waals surface area contributed by atoms with Crippen LogP contribution in [0.2, 0.25) is 0 Å². The largest absolute Gasteiger partial charge is 0.505 e. The van der Waals surface area contributed by atoms with Crippen LogP contribution in [0.25, 0.3) is 0 Å². The Labute approximate surface area is 83.9 Å². The Morgan fingerprint density at radius 1 is 1.33 bits per heavy atom. The number of carboxylic acid groups (broad SMARTS) is 1. The van der Waals surface area contributed by atoms with Gasteiger partial charge >= 0.3 is 13.6 Å². The Hall–Kier alpha value is -1.56. The molecule has 15 heavy (non-hydrogen) atoms. The number of hydrogen-bond donors (Lipinski definition) is 5. The van der Waals surface area contributed by atoms with E-state index in [1.165, 1.54) is 0 Å². The van der Waals surface area contributed by atoms with E-state index in [4.69, 9.17) is 20.6 Å². The Kier molecular flexibility index (Phi) is 2.72. The molecule has 1 aromatic carbocycles. The van der Waals surface area contributed by atoms with E-state index in [1.807, 2.05) is 0 Å². The molecule has 0 saturated heterocycles. The normalized spacial score (nSPS) is 11.3. The van der Waals surface area contributed by atoms with Crippen molar-refractivity contribution in [3.05, 3.63) is 17.7 Å². The number of carbonyl (C=O) groups is 1. The number of nitrogens with two attached hydrogens (primary N) is 1. The highest BCUT2D eigenvalue weighted by Crippen LogP contribution is 2.40. The molecule has 0 bridgehead atoms. The van der Waals surface area contributed by atoms with E-state index in [1.54, 1.807) is 0 Å². The lowest BCUT2D eigenvalue weighted by Gasteiger charge is -2.11. The molecule has 7 nitrogen and oxygen atoms in total. The van der Waals surface area contributed by atoms with Crippen molar-refractivity contribution in [3.8, 4) is 5.75 Å². The number of benzene rings is 1. The topological polar surface area (TPSA) is 141 Å². The van der Waals surface area contributed by atoms with E-state index in [0.29, 0.717) is 0 Å². The van der Waals surface area contributed by atoms with Crippen molar-refractivity contribution in [3.63, 3.8) is 0 Å². The summed E-state index contributed by atoms with van der Waals surface area (Å²) >= 11 is 0. The van der Waals surface area contributed by atoms with Crippen molar-refractivity contribution >= 4 is 24.6 Å². The van der Waals surface area contributed by atoms with Crippen LogP contribution in [0.15, 0.2) is 12.1 Å². The lowest BCUT2D eigenvalue weighted by atomic mass is 10.2. The first kappa shape index (κ1) is 11.5. The van der Waals surface area contributed by atoms with Crippen LogP contribution in [0, 0.1) is 0 Å². The van der Waals surface area contributed by atoms with E-state index in [-0.39, 0.29) is 5.69 Å². The van der Waals surface area contributed by atoms with E-state index < -0.39 is 30.2 Å². The number of nitrogen functional groups attached to an aromatic ring is 1. The molecule has 0 heterocycles. The van der Waals surface area contributed by atoms with Crippen molar-refractivity contribution in [1.29, 1.82) is 0 Å². The fourth-order valence-corrected chi connectivity index (χ4v) is 1.95. The highest BCUT2D eigenvalue weighted by atomic mass is 31.2. The van der Waals surface area contributed by atoms with Gasteiger partial charge in [0.25, 0.3) is 0 Å². The molecule has 0 saturated carbocycles. The van der Waals surface area contributed by atoms with Gasteiger partial charge in [0.15, 0.2) is 5.75 Å². The third-order valence-electron chi connectivity index (χ3n) is 1.70. The highest BCUT2D eigenvalue weighted by Gasteiger charge is 2.30. The number of phenolic OH excluding ortho intramolecular Hbond substituents is 1. The van der Waals surface area contributed by atoms with Crippen molar-refractivity contribution in [2.75, 3.05) is 5.73 Å². The third kappa shape index (κ3) is 2.10. The molecule has 0 aromatic heterocycles. The van der Waals surface area contributed by atoms with Gasteiger partial charge in [-0.2, -0.15) is 0 Å². The summed E-state index contributed by atoms with van der Waals surface area (Å²) in [6, 6.07) is 1.98. The zero-order chi connectivity index (χ0) is 11.8. The number of anilines is 1. The minimum absolute atomic E-state index is 0.293. The molecule has 8 heteroatoms. The fraction of sp³-hybridized carbons (Fsp3) is 0. The number of phenols is 1. The highest BCUT2D eigenvalue weighted by molar-refractivity contribution is 7.60. The molecule has 0 aliphatic heterocycles. The Morgan fingerprint density at radius 2 is 1.87 bits per heavy atom. The van der Waals surface area contributed by atoms with E-state index in [0.717, 1.165) is 12.1 Å². The number of carboxylic acids is 1. The molecule has 6 N–H and O–H groups in total. The molecule has 1 rings (SSSR count). The summed E-state index contributed by atoms with van der Waals surface area (Å²) in [5.41, 5.74) is 4.24. The van der Waals surface area contributed by atoms with Crippen molar-refractivity contribution < 1.29 is 29.4 Å². The van der Waals surface area contributed by atoms with Crippen LogP contribution in [0.1, 0.15) is 10.4 Å².